The molecule has 0 radical (unpaired) electrons. The molecule has 0 fully saturated rings. The van der Waals surface area contributed by atoms with Gasteiger partial charge in [-0.15, -0.1) is 0 Å². The summed E-state index contributed by atoms with van der Waals surface area (Å²) in [5.41, 5.74) is 1.44. The first kappa shape index (κ1) is 19.5. The normalized spacial score (nSPS) is 10.5. The molecule has 0 amide bonds. The Morgan fingerprint density at radius 1 is 1.00 bits per heavy atom. The number of hydrogen-bond donors (Lipinski definition) is 0. The van der Waals surface area contributed by atoms with E-state index in [1.165, 1.54) is 32.1 Å². The van der Waals surface area contributed by atoms with Crippen LogP contribution in [0.15, 0.2) is 40.9 Å². The van der Waals surface area contributed by atoms with E-state index in [1.807, 2.05) is 30.3 Å². The van der Waals surface area contributed by atoms with Gasteiger partial charge in [-0.2, -0.15) is 5.26 Å². The number of nitriles is 1. The van der Waals surface area contributed by atoms with Crippen LogP contribution in [-0.2, 0) is 0 Å². The van der Waals surface area contributed by atoms with Crippen molar-refractivity contribution in [3.63, 3.8) is 0 Å². The van der Waals surface area contributed by atoms with E-state index in [0.717, 1.165) is 17.7 Å². The van der Waals surface area contributed by atoms with E-state index >= 15 is 0 Å². The van der Waals surface area contributed by atoms with Crippen LogP contribution in [0.4, 0.5) is 4.39 Å². The largest absolute Gasteiger partial charge is 0.494 e. The van der Waals surface area contributed by atoms with E-state index in [2.05, 4.69) is 22.9 Å². The van der Waals surface area contributed by atoms with Crippen LogP contribution in [0.1, 0.15) is 51.0 Å². The maximum Gasteiger partial charge on any atom is 0.155 e. The molecule has 0 heterocycles. The van der Waals surface area contributed by atoms with E-state index in [-0.39, 0.29) is 5.56 Å². The van der Waals surface area contributed by atoms with Crippen molar-refractivity contribution < 1.29 is 9.13 Å². The molecule has 4 heteroatoms. The molecule has 2 aromatic rings. The Hall–Kier alpha value is -1.86. The maximum absolute atomic E-state index is 14.1. The summed E-state index contributed by atoms with van der Waals surface area (Å²) >= 11 is 3.11. The first-order chi connectivity index (χ1) is 12.2. The van der Waals surface area contributed by atoms with Gasteiger partial charge in [0.25, 0.3) is 0 Å². The lowest BCUT2D eigenvalue weighted by Gasteiger charge is -2.09. The van der Waals surface area contributed by atoms with Crippen LogP contribution in [-0.4, -0.2) is 6.61 Å². The molecule has 0 aliphatic carbocycles. The van der Waals surface area contributed by atoms with Crippen LogP contribution in [0, 0.1) is 17.1 Å². The van der Waals surface area contributed by atoms with Crippen LogP contribution >= 0.6 is 15.9 Å². The van der Waals surface area contributed by atoms with E-state index < -0.39 is 5.82 Å². The van der Waals surface area contributed by atoms with Gasteiger partial charge < -0.3 is 4.74 Å². The lowest BCUT2D eigenvalue weighted by Crippen LogP contribution is -1.97. The molecule has 0 aliphatic rings. The van der Waals surface area contributed by atoms with Gasteiger partial charge in [0.1, 0.15) is 11.8 Å². The topological polar surface area (TPSA) is 33.0 Å². The van der Waals surface area contributed by atoms with Crippen molar-refractivity contribution in [2.45, 2.75) is 45.4 Å². The molecule has 0 saturated heterocycles. The monoisotopic (exact) mass is 403 g/mol. The molecule has 0 atom stereocenters. The zero-order valence-electron chi connectivity index (χ0n) is 14.5. The molecular weight excluding hydrogens is 381 g/mol. The molecule has 0 aromatic heterocycles. The highest BCUT2D eigenvalue weighted by Gasteiger charge is 2.13. The Morgan fingerprint density at radius 2 is 1.68 bits per heavy atom. The number of nitrogens with zero attached hydrogens (tertiary/aromatic N) is 1. The van der Waals surface area contributed by atoms with Gasteiger partial charge in [0.2, 0.25) is 0 Å². The van der Waals surface area contributed by atoms with Crippen molar-refractivity contribution in [2.75, 3.05) is 6.61 Å². The number of benzene rings is 2. The molecule has 0 unspecified atom stereocenters. The molecule has 0 spiro atoms. The van der Waals surface area contributed by atoms with Crippen LogP contribution in [0.25, 0.3) is 11.1 Å². The number of halogens is 2. The standard InChI is InChI=1S/C21H23BrFNO/c1-2-3-4-5-6-7-14-25-17-10-8-16(9-11-17)18-12-13-20(22)21(23)19(18)15-24/h8-13H,2-7,14H2,1H3. The molecule has 0 aliphatic heterocycles. The Bertz CT molecular complexity index is 722. The summed E-state index contributed by atoms with van der Waals surface area (Å²) in [6, 6.07) is 12.8. The molecule has 132 valence electrons. The first-order valence-electron chi connectivity index (χ1n) is 8.78. The summed E-state index contributed by atoms with van der Waals surface area (Å²) in [6.45, 7) is 2.93. The zero-order valence-corrected chi connectivity index (χ0v) is 16.1. The van der Waals surface area contributed by atoms with E-state index in [9.17, 15) is 9.65 Å². The minimum atomic E-state index is -0.525. The SMILES string of the molecule is CCCCCCCCOc1ccc(-c2ccc(Br)c(F)c2C#N)cc1. The summed E-state index contributed by atoms with van der Waals surface area (Å²) in [7, 11) is 0. The summed E-state index contributed by atoms with van der Waals surface area (Å²) in [5, 5.41) is 9.22. The van der Waals surface area contributed by atoms with Gasteiger partial charge >= 0.3 is 0 Å². The Labute approximate surface area is 157 Å². The quantitative estimate of drug-likeness (QED) is 0.428. The summed E-state index contributed by atoms with van der Waals surface area (Å²) in [6.07, 6.45) is 7.39. The zero-order chi connectivity index (χ0) is 18.1. The van der Waals surface area contributed by atoms with Crippen molar-refractivity contribution in [1.82, 2.24) is 0 Å². The molecule has 0 N–H and O–H groups in total. The fourth-order valence-electron chi connectivity index (χ4n) is 2.70. The van der Waals surface area contributed by atoms with Crippen LogP contribution in [0.5, 0.6) is 5.75 Å². The lowest BCUT2D eigenvalue weighted by molar-refractivity contribution is 0.304. The average Bonchev–Trinajstić information content (AvgIpc) is 2.63. The maximum atomic E-state index is 14.1. The van der Waals surface area contributed by atoms with Gasteiger partial charge in [0.15, 0.2) is 5.82 Å². The van der Waals surface area contributed by atoms with Gasteiger partial charge in [-0.3, -0.25) is 0 Å². The second-order valence-electron chi connectivity index (χ2n) is 6.04. The Balaban J connectivity index is 1.93. The predicted molar refractivity (Wildman–Crippen MR) is 103 cm³/mol. The third kappa shape index (κ3) is 5.57. The average molecular weight is 404 g/mol. The Morgan fingerprint density at radius 3 is 2.36 bits per heavy atom. The molecule has 2 nitrogen and oxygen atoms in total. The predicted octanol–water partition coefficient (Wildman–Crippen LogP) is 6.87. The highest BCUT2D eigenvalue weighted by Crippen LogP contribution is 2.30. The van der Waals surface area contributed by atoms with Gasteiger partial charge in [0.05, 0.1) is 16.6 Å². The molecule has 25 heavy (non-hydrogen) atoms. The fourth-order valence-corrected chi connectivity index (χ4v) is 3.03. The molecular formula is C21H23BrFNO. The second kappa shape index (κ2) is 10.2. The van der Waals surface area contributed by atoms with Gasteiger partial charge in [-0.05, 0) is 46.1 Å². The highest BCUT2D eigenvalue weighted by atomic mass is 79.9. The molecule has 2 aromatic carbocycles. The third-order valence-electron chi connectivity index (χ3n) is 4.14. The molecule has 0 bridgehead atoms. The minimum absolute atomic E-state index is 0.0510. The molecule has 2 rings (SSSR count). The summed E-state index contributed by atoms with van der Waals surface area (Å²) < 4.78 is 20.1. The molecule has 0 saturated carbocycles. The number of rotatable bonds is 9. The van der Waals surface area contributed by atoms with Gasteiger partial charge in [-0.1, -0.05) is 57.2 Å². The highest BCUT2D eigenvalue weighted by molar-refractivity contribution is 9.10. The number of ether oxygens (including phenoxy) is 1. The lowest BCUT2D eigenvalue weighted by atomic mass is 10.00. The van der Waals surface area contributed by atoms with Crippen LogP contribution < -0.4 is 4.74 Å². The van der Waals surface area contributed by atoms with Crippen LogP contribution in [0.2, 0.25) is 0 Å². The smallest absolute Gasteiger partial charge is 0.155 e. The minimum Gasteiger partial charge on any atom is -0.494 e. The van der Waals surface area contributed by atoms with E-state index in [1.54, 1.807) is 12.1 Å². The van der Waals surface area contributed by atoms with E-state index in [4.69, 9.17) is 4.74 Å². The van der Waals surface area contributed by atoms with Crippen molar-refractivity contribution in [1.29, 1.82) is 5.26 Å². The van der Waals surface area contributed by atoms with Crippen molar-refractivity contribution >= 4 is 15.9 Å². The number of unbranched alkanes of at least 4 members (excludes halogenated alkanes) is 5. The summed E-state index contributed by atoms with van der Waals surface area (Å²) in [5.74, 6) is 0.275. The van der Waals surface area contributed by atoms with Crippen LogP contribution in [0.3, 0.4) is 0 Å². The van der Waals surface area contributed by atoms with E-state index in [0.29, 0.717) is 16.6 Å². The summed E-state index contributed by atoms with van der Waals surface area (Å²) in [4.78, 5) is 0. The first-order valence-corrected chi connectivity index (χ1v) is 9.58. The van der Waals surface area contributed by atoms with Crippen molar-refractivity contribution in [3.05, 3.63) is 52.3 Å². The van der Waals surface area contributed by atoms with Gasteiger partial charge in [-0.25, -0.2) is 4.39 Å². The fraction of sp³-hybridized carbons (Fsp3) is 0.381. The Kier molecular flexibility index (Phi) is 7.94. The third-order valence-corrected chi connectivity index (χ3v) is 4.75. The number of hydrogen-bond acceptors (Lipinski definition) is 2. The van der Waals surface area contributed by atoms with Crippen molar-refractivity contribution in [3.8, 4) is 22.9 Å². The second-order valence-corrected chi connectivity index (χ2v) is 6.89. The van der Waals surface area contributed by atoms with Crippen molar-refractivity contribution in [2.24, 2.45) is 0 Å². The van der Waals surface area contributed by atoms with Gasteiger partial charge in [0, 0.05) is 5.56 Å².